The fourth-order valence-corrected chi connectivity index (χ4v) is 20.2. The number of carbonyl (C=O) groups excluding carboxylic acids is 5. The summed E-state index contributed by atoms with van der Waals surface area (Å²) < 4.78 is 12.6. The zero-order chi connectivity index (χ0) is 100. The molecule has 8 heterocycles. The number of para-hydroxylation sites is 1. The second kappa shape index (κ2) is 43.6. The lowest BCUT2D eigenvalue weighted by Gasteiger charge is -2.26. The SMILES string of the molecule is COC1CCC(C(=O)Nc2ccc3[nH]nc(-c4ccc5ccccc5c4)c3c2)CC1.O=C(Cc1cccnc1)Nc1ccc2[nH]nc(-c3cc4ccccc4o3)c2c1.O=C(Nc1ccc2[nH]nc(-c3cc4ccccc4s3)c2c1)C1CCC(O)CC1.O=C(Nc1ccc2[nH]nc(-c3ccc4ccccc4c3)c2c1)C(O)Cc1ccccc1.O=C(Nc1ccc2[nH]nc(-c3ccc4ccccc4c3)c2c1)c1ccc(CO)cc1. The van der Waals surface area contributed by atoms with E-state index in [1.165, 1.54) is 31.6 Å². The van der Waals surface area contributed by atoms with Crippen LogP contribution in [0.15, 0.2) is 363 Å². The number of benzene rings is 15. The van der Waals surface area contributed by atoms with Gasteiger partial charge in [-0.3, -0.25) is 54.5 Å². The van der Waals surface area contributed by atoms with Crippen molar-refractivity contribution >= 4 is 177 Å². The van der Waals surface area contributed by atoms with E-state index in [-0.39, 0.29) is 61.0 Å². The number of thiophene rings is 1. The second-order valence-corrected chi connectivity index (χ2v) is 38.0. The van der Waals surface area contributed by atoms with Gasteiger partial charge in [0, 0.05) is 125 Å². The molecule has 0 saturated heterocycles. The molecule has 1 atom stereocenters. The van der Waals surface area contributed by atoms with Gasteiger partial charge in [0.25, 0.3) is 11.8 Å². The molecule has 2 aliphatic carbocycles. The molecule has 27 heteroatoms. The van der Waals surface area contributed by atoms with Gasteiger partial charge in [0.15, 0.2) is 5.76 Å². The van der Waals surface area contributed by atoms with E-state index in [2.05, 4.69) is 186 Å². The highest BCUT2D eigenvalue weighted by molar-refractivity contribution is 7.22. The van der Waals surface area contributed by atoms with Gasteiger partial charge in [-0.05, 0) is 257 Å². The molecule has 25 rings (SSSR count). The van der Waals surface area contributed by atoms with Crippen LogP contribution in [0, 0.1) is 11.8 Å². The summed E-state index contributed by atoms with van der Waals surface area (Å²) in [5.74, 6) is 0.126. The number of amides is 5. The minimum Gasteiger partial charge on any atom is -0.454 e. The molecule has 0 radical (unpaired) electrons. The van der Waals surface area contributed by atoms with Gasteiger partial charge in [-0.2, -0.15) is 25.5 Å². The van der Waals surface area contributed by atoms with E-state index in [0.29, 0.717) is 47.3 Å². The number of ether oxygens (including phenoxy) is 1. The number of hydrogen-bond acceptors (Lipinski definition) is 17. The number of nitrogens with one attached hydrogen (secondary N) is 10. The second-order valence-electron chi connectivity index (χ2n) is 36.9. The topological polar surface area (TPSA) is 385 Å². The molecule has 15 aromatic carbocycles. The smallest absolute Gasteiger partial charge is 0.255 e. The molecule has 5 amide bonds. The summed E-state index contributed by atoms with van der Waals surface area (Å²) in [5, 5.41) is 95.8. The molecular weight excluding hydrogens is 1860 g/mol. The van der Waals surface area contributed by atoms with Crippen LogP contribution in [0.1, 0.15) is 78.4 Å². The third-order valence-corrected chi connectivity index (χ3v) is 28.2. The van der Waals surface area contributed by atoms with E-state index in [1.54, 1.807) is 61.2 Å². The highest BCUT2D eigenvalue weighted by atomic mass is 32.1. The van der Waals surface area contributed by atoms with Crippen LogP contribution in [0.25, 0.3) is 164 Å². The number of aromatic nitrogens is 11. The van der Waals surface area contributed by atoms with E-state index in [9.17, 15) is 34.2 Å². The fraction of sp³-hybridized carbons (Fsp3) is 0.142. The molecule has 2 fully saturated rings. The maximum absolute atomic E-state index is 12.8. The van der Waals surface area contributed by atoms with Gasteiger partial charge in [0.05, 0.1) is 74.8 Å². The number of fused-ring (bicyclic) bond motifs is 10. The average molecular weight is 1960 g/mol. The fourth-order valence-electron chi connectivity index (χ4n) is 19.1. The molecule has 0 spiro atoms. The Kier molecular flexibility index (Phi) is 28.3. The number of aromatic amines is 5. The van der Waals surface area contributed by atoms with E-state index in [0.717, 1.165) is 193 Å². The van der Waals surface area contributed by atoms with Gasteiger partial charge < -0.3 is 51.1 Å². The van der Waals surface area contributed by atoms with Crippen molar-refractivity contribution in [3.63, 3.8) is 0 Å². The summed E-state index contributed by atoms with van der Waals surface area (Å²) in [6.45, 7) is -0.0450. The highest BCUT2D eigenvalue weighted by Crippen LogP contribution is 2.41. The number of nitrogens with zero attached hydrogens (tertiary/aromatic N) is 6. The number of anilines is 5. The number of hydrogen-bond donors (Lipinski definition) is 13. The molecule has 13 N–H and O–H groups in total. The molecular formula is C120H102N16O10S. The zero-order valence-electron chi connectivity index (χ0n) is 80.0. The normalized spacial score (nSPS) is 14.7. The number of methoxy groups -OCH3 is 1. The van der Waals surface area contributed by atoms with Crippen molar-refractivity contribution < 1.29 is 48.4 Å². The van der Waals surface area contributed by atoms with Gasteiger partial charge >= 0.3 is 0 Å². The lowest BCUT2D eigenvalue weighted by molar-refractivity contribution is -0.124. The van der Waals surface area contributed by atoms with E-state index < -0.39 is 12.0 Å². The largest absolute Gasteiger partial charge is 0.454 e. The Morgan fingerprint density at radius 3 is 1.29 bits per heavy atom. The molecule has 0 aliphatic heterocycles. The molecule has 0 bridgehead atoms. The first kappa shape index (κ1) is 95.5. The van der Waals surface area contributed by atoms with Gasteiger partial charge in [-0.15, -0.1) is 11.3 Å². The first-order chi connectivity index (χ1) is 72.0. The van der Waals surface area contributed by atoms with E-state index in [4.69, 9.17) is 14.3 Å². The maximum atomic E-state index is 12.8. The molecule has 147 heavy (non-hydrogen) atoms. The number of aliphatic hydroxyl groups is 3. The number of rotatable bonds is 20. The van der Waals surface area contributed by atoms with Gasteiger partial charge in [-0.1, -0.05) is 194 Å². The molecule has 1 unspecified atom stereocenters. The van der Waals surface area contributed by atoms with Crippen LogP contribution in [0.3, 0.4) is 0 Å². The summed E-state index contributed by atoms with van der Waals surface area (Å²) >= 11 is 1.72. The van der Waals surface area contributed by atoms with Crippen molar-refractivity contribution in [3.8, 4) is 55.8 Å². The number of carbonyl (C=O) groups is 5. The van der Waals surface area contributed by atoms with Crippen LogP contribution < -0.4 is 26.6 Å². The minimum absolute atomic E-state index is 0.0227. The lowest BCUT2D eigenvalue weighted by atomic mass is 9.86. The Morgan fingerprint density at radius 1 is 0.388 bits per heavy atom. The quantitative estimate of drug-likeness (QED) is 0.0337. The highest BCUT2D eigenvalue weighted by Gasteiger charge is 2.29. The predicted molar refractivity (Wildman–Crippen MR) is 585 cm³/mol. The van der Waals surface area contributed by atoms with Crippen molar-refractivity contribution in [2.24, 2.45) is 11.8 Å². The van der Waals surface area contributed by atoms with Crippen LogP contribution >= 0.6 is 11.3 Å². The van der Waals surface area contributed by atoms with Crippen molar-refractivity contribution in [3.05, 3.63) is 380 Å². The molecule has 2 aliphatic rings. The third kappa shape index (κ3) is 22.1. The number of pyridine rings is 1. The molecule has 26 nitrogen and oxygen atoms in total. The Labute approximate surface area is 847 Å². The average Bonchev–Trinajstić information content (AvgIpc) is 1.65. The molecule has 8 aromatic heterocycles. The van der Waals surface area contributed by atoms with Crippen molar-refractivity contribution in [1.82, 2.24) is 56.0 Å². The van der Waals surface area contributed by atoms with Crippen LogP contribution in [0.4, 0.5) is 28.4 Å². The monoisotopic (exact) mass is 1960 g/mol. The van der Waals surface area contributed by atoms with Crippen LogP contribution in [-0.2, 0) is 43.4 Å². The summed E-state index contributed by atoms with van der Waals surface area (Å²) in [5.41, 5.74) is 19.3. The Morgan fingerprint density at radius 2 is 0.810 bits per heavy atom. The first-order valence-corrected chi connectivity index (χ1v) is 49.8. The summed E-state index contributed by atoms with van der Waals surface area (Å²) in [7, 11) is 1.75. The number of furan rings is 1. The van der Waals surface area contributed by atoms with Crippen LogP contribution in [-0.4, -0.2) is 126 Å². The first-order valence-electron chi connectivity index (χ1n) is 48.9. The summed E-state index contributed by atoms with van der Waals surface area (Å²) in [6.07, 6.45) is 9.37. The maximum Gasteiger partial charge on any atom is 0.255 e. The van der Waals surface area contributed by atoms with Crippen molar-refractivity contribution in [2.75, 3.05) is 33.7 Å². The summed E-state index contributed by atoms with van der Waals surface area (Å²) in [6, 6.07) is 113. The van der Waals surface area contributed by atoms with Crippen molar-refractivity contribution in [2.45, 2.75) is 89.1 Å². The van der Waals surface area contributed by atoms with E-state index in [1.807, 2.05) is 212 Å². The molecule has 2 saturated carbocycles. The standard InChI is InChI=1S/C26H21N3O2.C25H25N3O2.C25H19N3O2.C22H16N4O2.C22H21N3O2S/c30-24(14-17-6-2-1-3-7-17)26(31)27-21-12-13-23-22(16-21)25(29-28-23)20-11-10-18-8-4-5-9-19(18)15-20;1-30-21-11-8-17(9-12-21)25(29)26-20-10-13-23-22(15-20)24(28-27-23)19-7-6-16-4-2-3-5-18(16)14-19;29-15-16-5-7-18(8-6-16)25(30)26-21-11-12-23-22(14-21)24(28-27-23)20-10-9-17-3-1-2-4-19(17)13-20;27-21(10-14-4-3-9-23-13-14)24-16-7-8-18-17(12-16)22(26-25-18)20-11-15-5-1-2-6-19(15)28-20;26-16-8-5-13(6-9-16)22(27)23-15-7-10-18-17(12-15)21(25-24-18)20-11-14-3-1-2-4-19(14)28-20/h1-13,15-16,24,30H,14H2,(H,27,31)(H,28,29);2-7,10,13-15,17,21H,8-9,11-12H2,1H3,(H,26,29)(H,27,28);1-14,29H,15H2,(H,26,30)(H,27,28);1-9,11-13H,10H2,(H,24,27)(H,25,26);1-4,7,10-13,16,26H,5-6,8-9H2,(H,23,27)(H,24,25). The number of H-pyrrole nitrogens is 5. The van der Waals surface area contributed by atoms with Gasteiger partial charge in [0.1, 0.15) is 23.1 Å². The zero-order valence-corrected chi connectivity index (χ0v) is 80.8. The third-order valence-electron chi connectivity index (χ3n) is 27.1. The van der Waals surface area contributed by atoms with Crippen LogP contribution in [0.2, 0.25) is 0 Å². The Hall–Kier alpha value is -17.7. The molecule has 23 aromatic rings. The predicted octanol–water partition coefficient (Wildman–Crippen LogP) is 25.1. The minimum atomic E-state index is -1.12. The van der Waals surface area contributed by atoms with Crippen LogP contribution in [0.5, 0.6) is 0 Å². The number of aliphatic hydroxyl groups excluding tert-OH is 3. The Bertz CT molecular complexity index is 8670. The molecule has 728 valence electrons. The lowest BCUT2D eigenvalue weighted by Crippen LogP contribution is -2.29. The Balaban J connectivity index is 0.000000108. The van der Waals surface area contributed by atoms with Gasteiger partial charge in [-0.25, -0.2) is 0 Å². The van der Waals surface area contributed by atoms with Crippen molar-refractivity contribution in [1.29, 1.82) is 0 Å². The summed E-state index contributed by atoms with van der Waals surface area (Å²) in [4.78, 5) is 68.0. The van der Waals surface area contributed by atoms with Gasteiger partial charge in [0.2, 0.25) is 17.7 Å². The van der Waals surface area contributed by atoms with E-state index >= 15 is 0 Å².